The predicted molar refractivity (Wildman–Crippen MR) is 102 cm³/mol. The van der Waals surface area contributed by atoms with Crippen molar-refractivity contribution >= 4 is 44.0 Å². The molecule has 5 rings (SSSR count). The summed E-state index contributed by atoms with van der Waals surface area (Å²) in [4.78, 5) is 7.06. The first kappa shape index (κ1) is 13.4. The van der Waals surface area contributed by atoms with E-state index in [2.05, 4.69) is 84.1 Å². The molecule has 0 fully saturated rings. The van der Waals surface area contributed by atoms with Crippen LogP contribution in [0.25, 0.3) is 38.4 Å². The standard InChI is InChI=1S/C21H17N3/c1-23(2)14-11-12-16-15-7-3-4-8-17(15)21-22-18-9-5-6-10-19(18)24(21)20(16)13-14/h3-13H,1-2H3. The third kappa shape index (κ3) is 1.69. The Balaban J connectivity index is 2.14. The number of anilines is 1. The second kappa shape index (κ2) is 4.71. The van der Waals surface area contributed by atoms with E-state index in [1.165, 1.54) is 27.4 Å². The van der Waals surface area contributed by atoms with Gasteiger partial charge in [-0.05, 0) is 29.7 Å². The van der Waals surface area contributed by atoms with Crippen molar-refractivity contribution in [1.82, 2.24) is 9.38 Å². The molecule has 3 nitrogen and oxygen atoms in total. The van der Waals surface area contributed by atoms with E-state index in [1.807, 2.05) is 6.07 Å². The second-order valence-corrected chi connectivity index (χ2v) is 6.40. The number of hydrogen-bond acceptors (Lipinski definition) is 2. The van der Waals surface area contributed by atoms with Crippen LogP contribution in [0.2, 0.25) is 0 Å². The Hall–Kier alpha value is -3.07. The fourth-order valence-electron chi connectivity index (χ4n) is 3.57. The van der Waals surface area contributed by atoms with E-state index in [0.29, 0.717) is 0 Å². The Bertz CT molecular complexity index is 1230. The Kier molecular flexibility index (Phi) is 2.63. The lowest BCUT2D eigenvalue weighted by Crippen LogP contribution is -2.08. The van der Waals surface area contributed by atoms with Crippen LogP contribution in [0.4, 0.5) is 5.69 Å². The van der Waals surface area contributed by atoms with Crippen molar-refractivity contribution in [3.63, 3.8) is 0 Å². The van der Waals surface area contributed by atoms with Crippen molar-refractivity contribution in [3.8, 4) is 0 Å². The number of nitrogens with zero attached hydrogens (tertiary/aromatic N) is 3. The highest BCUT2D eigenvalue weighted by Crippen LogP contribution is 2.33. The highest BCUT2D eigenvalue weighted by Gasteiger charge is 2.13. The van der Waals surface area contributed by atoms with E-state index in [9.17, 15) is 0 Å². The maximum absolute atomic E-state index is 4.92. The van der Waals surface area contributed by atoms with E-state index < -0.39 is 0 Å². The van der Waals surface area contributed by atoms with E-state index in [0.717, 1.165) is 16.7 Å². The van der Waals surface area contributed by atoms with E-state index in [1.54, 1.807) is 0 Å². The van der Waals surface area contributed by atoms with Gasteiger partial charge in [-0.1, -0.05) is 42.5 Å². The van der Waals surface area contributed by atoms with Gasteiger partial charge >= 0.3 is 0 Å². The zero-order valence-corrected chi connectivity index (χ0v) is 13.7. The number of hydrogen-bond donors (Lipinski definition) is 0. The van der Waals surface area contributed by atoms with Crippen LogP contribution in [-0.4, -0.2) is 23.5 Å². The molecule has 0 saturated carbocycles. The lowest BCUT2D eigenvalue weighted by Gasteiger charge is -2.15. The first-order valence-electron chi connectivity index (χ1n) is 8.13. The van der Waals surface area contributed by atoms with Crippen LogP contribution in [0.5, 0.6) is 0 Å². The summed E-state index contributed by atoms with van der Waals surface area (Å²) in [5, 5.41) is 3.70. The molecule has 0 unspecified atom stereocenters. The van der Waals surface area contributed by atoms with E-state index in [4.69, 9.17) is 4.98 Å². The number of benzene rings is 3. The van der Waals surface area contributed by atoms with Gasteiger partial charge in [0.2, 0.25) is 0 Å². The van der Waals surface area contributed by atoms with Gasteiger partial charge in [-0.2, -0.15) is 0 Å². The minimum Gasteiger partial charge on any atom is -0.378 e. The Morgan fingerprint density at radius 1 is 0.750 bits per heavy atom. The van der Waals surface area contributed by atoms with Gasteiger partial charge in [0.1, 0.15) is 5.65 Å². The minimum absolute atomic E-state index is 1.02. The molecule has 0 aliphatic heterocycles. The molecule has 0 saturated heterocycles. The number of para-hydroxylation sites is 2. The summed E-state index contributed by atoms with van der Waals surface area (Å²) < 4.78 is 2.29. The molecule has 24 heavy (non-hydrogen) atoms. The molecule has 0 aliphatic rings. The third-order valence-electron chi connectivity index (χ3n) is 4.76. The second-order valence-electron chi connectivity index (χ2n) is 6.40. The normalized spacial score (nSPS) is 11.8. The van der Waals surface area contributed by atoms with Gasteiger partial charge in [0, 0.05) is 30.6 Å². The van der Waals surface area contributed by atoms with E-state index in [-0.39, 0.29) is 0 Å². The topological polar surface area (TPSA) is 20.5 Å². The number of pyridine rings is 1. The van der Waals surface area contributed by atoms with Gasteiger partial charge in [-0.3, -0.25) is 4.40 Å². The summed E-state index contributed by atoms with van der Waals surface area (Å²) in [7, 11) is 4.15. The van der Waals surface area contributed by atoms with Crippen LogP contribution in [0.3, 0.4) is 0 Å². The Labute approximate surface area is 139 Å². The zero-order valence-electron chi connectivity index (χ0n) is 13.7. The lowest BCUT2D eigenvalue weighted by atomic mass is 10.1. The summed E-state index contributed by atoms with van der Waals surface area (Å²) in [6.07, 6.45) is 0. The predicted octanol–water partition coefficient (Wildman–Crippen LogP) is 4.86. The molecule has 0 atom stereocenters. The molecule has 2 heterocycles. The molecule has 0 spiro atoms. The zero-order chi connectivity index (χ0) is 16.3. The molecule has 0 radical (unpaired) electrons. The van der Waals surface area contributed by atoms with Crippen molar-refractivity contribution in [2.24, 2.45) is 0 Å². The number of imidazole rings is 1. The van der Waals surface area contributed by atoms with Crippen molar-refractivity contribution in [1.29, 1.82) is 0 Å². The van der Waals surface area contributed by atoms with Crippen LogP contribution in [0.15, 0.2) is 66.7 Å². The van der Waals surface area contributed by atoms with Crippen molar-refractivity contribution in [3.05, 3.63) is 66.7 Å². The minimum atomic E-state index is 1.02. The highest BCUT2D eigenvalue weighted by molar-refractivity contribution is 6.14. The fraction of sp³-hybridized carbons (Fsp3) is 0.0952. The maximum Gasteiger partial charge on any atom is 0.146 e. The lowest BCUT2D eigenvalue weighted by molar-refractivity contribution is 1.13. The SMILES string of the molecule is CN(C)c1ccc2c3ccccc3c3nc4ccccc4n3c2c1. The highest BCUT2D eigenvalue weighted by atomic mass is 15.1. The molecule has 0 bridgehead atoms. The Morgan fingerprint density at radius 3 is 2.33 bits per heavy atom. The summed E-state index contributed by atoms with van der Waals surface area (Å²) in [5.41, 5.74) is 5.60. The molecular formula is C21H17N3. The molecular weight excluding hydrogens is 294 g/mol. The van der Waals surface area contributed by atoms with E-state index >= 15 is 0 Å². The van der Waals surface area contributed by atoms with Crippen LogP contribution >= 0.6 is 0 Å². The van der Waals surface area contributed by atoms with Gasteiger partial charge in [-0.15, -0.1) is 0 Å². The maximum atomic E-state index is 4.92. The number of rotatable bonds is 1. The molecule has 2 aromatic heterocycles. The molecule has 3 aromatic carbocycles. The number of aromatic nitrogens is 2. The monoisotopic (exact) mass is 311 g/mol. The average Bonchev–Trinajstić information content (AvgIpc) is 3.01. The Morgan fingerprint density at radius 2 is 1.50 bits per heavy atom. The molecule has 3 heteroatoms. The molecule has 0 aliphatic carbocycles. The molecule has 5 aromatic rings. The first-order chi connectivity index (χ1) is 11.7. The van der Waals surface area contributed by atoms with Crippen LogP contribution in [-0.2, 0) is 0 Å². The summed E-state index contributed by atoms with van der Waals surface area (Å²) in [6.45, 7) is 0. The van der Waals surface area contributed by atoms with Crippen molar-refractivity contribution in [2.75, 3.05) is 19.0 Å². The van der Waals surface area contributed by atoms with Gasteiger partial charge in [0.25, 0.3) is 0 Å². The summed E-state index contributed by atoms with van der Waals surface area (Å²) in [6, 6.07) is 23.5. The van der Waals surface area contributed by atoms with Gasteiger partial charge in [0.15, 0.2) is 0 Å². The molecule has 116 valence electrons. The molecule has 0 N–H and O–H groups in total. The largest absolute Gasteiger partial charge is 0.378 e. The van der Waals surface area contributed by atoms with Crippen LogP contribution in [0.1, 0.15) is 0 Å². The summed E-state index contributed by atoms with van der Waals surface area (Å²) >= 11 is 0. The number of fused-ring (bicyclic) bond motifs is 8. The fourth-order valence-corrected chi connectivity index (χ4v) is 3.57. The van der Waals surface area contributed by atoms with Crippen LogP contribution in [0, 0.1) is 0 Å². The summed E-state index contributed by atoms with van der Waals surface area (Å²) in [5.74, 6) is 0. The quantitative estimate of drug-likeness (QED) is 0.412. The van der Waals surface area contributed by atoms with Crippen molar-refractivity contribution in [2.45, 2.75) is 0 Å². The molecule has 0 amide bonds. The third-order valence-corrected chi connectivity index (χ3v) is 4.76. The van der Waals surface area contributed by atoms with Crippen LogP contribution < -0.4 is 4.90 Å². The first-order valence-corrected chi connectivity index (χ1v) is 8.13. The van der Waals surface area contributed by atoms with Gasteiger partial charge < -0.3 is 4.90 Å². The smallest absolute Gasteiger partial charge is 0.146 e. The van der Waals surface area contributed by atoms with Gasteiger partial charge in [0.05, 0.1) is 16.6 Å². The van der Waals surface area contributed by atoms with Gasteiger partial charge in [-0.25, -0.2) is 4.98 Å². The van der Waals surface area contributed by atoms with Crippen molar-refractivity contribution < 1.29 is 0 Å². The average molecular weight is 311 g/mol.